The molecule has 0 aromatic heterocycles. The van der Waals surface area contributed by atoms with Crippen molar-refractivity contribution in [1.82, 2.24) is 0 Å². The minimum atomic E-state index is -0.830. The second-order valence-electron chi connectivity index (χ2n) is 7.41. The molecule has 0 amide bonds. The zero-order valence-electron chi connectivity index (χ0n) is 17.1. The van der Waals surface area contributed by atoms with Crippen LogP contribution in [0.2, 0.25) is 0 Å². The van der Waals surface area contributed by atoms with Crippen molar-refractivity contribution < 1.29 is 24.4 Å². The summed E-state index contributed by atoms with van der Waals surface area (Å²) in [5, 5.41) is 32.8. The molecule has 9 heteroatoms. The molecule has 3 aromatic rings. The zero-order valence-corrected chi connectivity index (χ0v) is 17.1. The number of hydrogen-bond donors (Lipinski definition) is 1. The van der Waals surface area contributed by atoms with Crippen LogP contribution in [0.25, 0.3) is 5.76 Å². The number of hydrogen-bond acceptors (Lipinski definition) is 7. The summed E-state index contributed by atoms with van der Waals surface area (Å²) in [4.78, 5) is 21.1. The second-order valence-corrected chi connectivity index (χ2v) is 7.41. The number of aromatic hydroxyl groups is 1. The third-order valence-electron chi connectivity index (χ3n) is 5.55. The number of benzene rings is 3. The maximum absolute atomic E-state index is 11.1. The van der Waals surface area contributed by atoms with E-state index in [4.69, 9.17) is 9.47 Å². The van der Waals surface area contributed by atoms with E-state index in [1.807, 2.05) is 13.0 Å². The molecule has 0 fully saturated rings. The Morgan fingerprint density at radius 3 is 2.00 bits per heavy atom. The van der Waals surface area contributed by atoms with Crippen LogP contribution in [0, 0.1) is 20.2 Å². The van der Waals surface area contributed by atoms with E-state index in [2.05, 4.69) is 0 Å². The average molecular weight is 434 g/mol. The summed E-state index contributed by atoms with van der Waals surface area (Å²) in [7, 11) is 1.42. The van der Waals surface area contributed by atoms with Gasteiger partial charge in [0.2, 0.25) is 5.75 Å². The van der Waals surface area contributed by atoms with Crippen molar-refractivity contribution in [2.45, 2.75) is 12.3 Å². The minimum Gasteiger partial charge on any atom is -0.502 e. The van der Waals surface area contributed by atoms with Gasteiger partial charge in [-0.15, -0.1) is 0 Å². The molecule has 0 bridgehead atoms. The molecule has 1 aliphatic heterocycles. The maximum Gasteiger partial charge on any atom is 0.269 e. The lowest BCUT2D eigenvalue weighted by molar-refractivity contribution is -0.385. The Hall–Kier alpha value is -4.40. The lowest BCUT2D eigenvalue weighted by atomic mass is 9.73. The van der Waals surface area contributed by atoms with E-state index < -0.39 is 15.3 Å². The quantitative estimate of drug-likeness (QED) is 0.444. The van der Waals surface area contributed by atoms with Crippen LogP contribution in [-0.2, 0) is 5.41 Å². The van der Waals surface area contributed by atoms with Crippen LogP contribution in [-0.4, -0.2) is 22.1 Å². The Bertz CT molecular complexity index is 1250. The summed E-state index contributed by atoms with van der Waals surface area (Å²) in [6.45, 7) is 1.90. The highest BCUT2D eigenvalue weighted by molar-refractivity contribution is 5.74. The molecule has 9 nitrogen and oxygen atoms in total. The molecule has 0 aliphatic carbocycles. The Morgan fingerprint density at radius 1 is 0.906 bits per heavy atom. The zero-order chi connectivity index (χ0) is 23.0. The number of non-ortho nitro benzene ring substituents is 2. The first-order valence-electron chi connectivity index (χ1n) is 9.55. The van der Waals surface area contributed by atoms with Crippen LogP contribution in [0.4, 0.5) is 11.4 Å². The molecular weight excluding hydrogens is 416 g/mol. The second kappa shape index (κ2) is 7.69. The number of phenolic OH excluding ortho intramolecular Hbond substituents is 1. The molecule has 3 aromatic carbocycles. The van der Waals surface area contributed by atoms with E-state index in [0.29, 0.717) is 16.9 Å². The van der Waals surface area contributed by atoms with Crippen molar-refractivity contribution in [3.8, 4) is 17.2 Å². The van der Waals surface area contributed by atoms with Crippen molar-refractivity contribution in [3.05, 3.63) is 104 Å². The molecule has 0 spiro atoms. The third kappa shape index (κ3) is 3.39. The first-order chi connectivity index (χ1) is 15.2. The highest BCUT2D eigenvalue weighted by Gasteiger charge is 2.37. The van der Waals surface area contributed by atoms with Crippen LogP contribution in [0.15, 0.2) is 66.7 Å². The van der Waals surface area contributed by atoms with Crippen molar-refractivity contribution in [1.29, 1.82) is 0 Å². The molecule has 0 radical (unpaired) electrons. The van der Waals surface area contributed by atoms with E-state index >= 15 is 0 Å². The number of fused-ring (bicyclic) bond motifs is 1. The van der Waals surface area contributed by atoms with Crippen molar-refractivity contribution in [2.24, 2.45) is 0 Å². The number of phenols is 1. The highest BCUT2D eigenvalue weighted by Crippen LogP contribution is 2.51. The lowest BCUT2D eigenvalue weighted by Gasteiger charge is -2.35. The van der Waals surface area contributed by atoms with E-state index in [1.54, 1.807) is 36.4 Å². The fourth-order valence-corrected chi connectivity index (χ4v) is 3.77. The molecule has 162 valence electrons. The molecule has 32 heavy (non-hydrogen) atoms. The standard InChI is InChI=1S/C23H18N2O7/c1-23(15-5-9-17(10-6-15)25(29)30)13-20(14-3-7-16(8-4-14)24(27)28)32-22-18(23)11-12-19(31-2)21(22)26/h3-13,26H,1-2H3. The fraction of sp³-hybridized carbons (Fsp3) is 0.130. The number of methoxy groups -OCH3 is 1. The van der Waals surface area contributed by atoms with Gasteiger partial charge in [0.1, 0.15) is 5.76 Å². The summed E-state index contributed by atoms with van der Waals surface area (Å²) >= 11 is 0. The van der Waals surface area contributed by atoms with Crippen LogP contribution >= 0.6 is 0 Å². The number of nitrogens with zero attached hydrogens (tertiary/aromatic N) is 2. The monoisotopic (exact) mass is 434 g/mol. The van der Waals surface area contributed by atoms with Gasteiger partial charge < -0.3 is 14.6 Å². The summed E-state index contributed by atoms with van der Waals surface area (Å²) in [5.41, 5.74) is 1.00. The maximum atomic E-state index is 11.1. The Balaban J connectivity index is 1.90. The van der Waals surface area contributed by atoms with Gasteiger partial charge in [0, 0.05) is 40.8 Å². The van der Waals surface area contributed by atoms with Crippen molar-refractivity contribution >= 4 is 17.1 Å². The minimum absolute atomic E-state index is 0.0400. The van der Waals surface area contributed by atoms with Gasteiger partial charge in [0.25, 0.3) is 11.4 Å². The number of rotatable bonds is 5. The third-order valence-corrected chi connectivity index (χ3v) is 5.55. The fourth-order valence-electron chi connectivity index (χ4n) is 3.77. The molecule has 4 rings (SSSR count). The molecular formula is C23H18N2O7. The largest absolute Gasteiger partial charge is 0.502 e. The van der Waals surface area contributed by atoms with Crippen molar-refractivity contribution in [2.75, 3.05) is 7.11 Å². The molecule has 1 unspecified atom stereocenters. The smallest absolute Gasteiger partial charge is 0.269 e. The van der Waals surface area contributed by atoms with Crippen LogP contribution in [0.5, 0.6) is 17.2 Å². The molecule has 1 aliphatic rings. The molecule has 0 saturated heterocycles. The van der Waals surface area contributed by atoms with Crippen LogP contribution < -0.4 is 9.47 Å². The Labute approximate surface area is 182 Å². The topological polar surface area (TPSA) is 125 Å². The van der Waals surface area contributed by atoms with Crippen molar-refractivity contribution in [3.63, 3.8) is 0 Å². The first kappa shape index (κ1) is 20.9. The SMILES string of the molecule is COc1ccc2c(c1O)OC(c1ccc([N+](=O)[O-])cc1)=CC2(C)c1ccc([N+](=O)[O-])cc1. The molecule has 1 N–H and O–H groups in total. The van der Waals surface area contributed by atoms with E-state index in [0.717, 1.165) is 5.56 Å². The van der Waals surface area contributed by atoms with Gasteiger partial charge in [-0.3, -0.25) is 20.2 Å². The summed E-state index contributed by atoms with van der Waals surface area (Å²) in [5.74, 6) is 0.586. The predicted molar refractivity (Wildman–Crippen MR) is 116 cm³/mol. The predicted octanol–water partition coefficient (Wildman–Crippen LogP) is 4.96. The van der Waals surface area contributed by atoms with Crippen LogP contribution in [0.3, 0.4) is 0 Å². The van der Waals surface area contributed by atoms with Gasteiger partial charge in [0.05, 0.1) is 17.0 Å². The summed E-state index contributed by atoms with van der Waals surface area (Å²) in [6.07, 6.45) is 1.82. The van der Waals surface area contributed by atoms with E-state index in [-0.39, 0.29) is 28.6 Å². The molecule has 0 saturated carbocycles. The number of allylic oxidation sites excluding steroid dienone is 1. The molecule has 1 heterocycles. The van der Waals surface area contributed by atoms with Gasteiger partial charge in [-0.05, 0) is 36.8 Å². The number of ether oxygens (including phenoxy) is 2. The van der Waals surface area contributed by atoms with Crippen LogP contribution in [0.1, 0.15) is 23.6 Å². The number of nitro groups is 2. The van der Waals surface area contributed by atoms with Gasteiger partial charge in [-0.1, -0.05) is 18.2 Å². The van der Waals surface area contributed by atoms with Gasteiger partial charge >= 0.3 is 0 Å². The average Bonchev–Trinajstić information content (AvgIpc) is 2.79. The Morgan fingerprint density at radius 2 is 1.47 bits per heavy atom. The van der Waals surface area contributed by atoms with Gasteiger partial charge in [-0.2, -0.15) is 0 Å². The first-order valence-corrected chi connectivity index (χ1v) is 9.55. The lowest BCUT2D eigenvalue weighted by Crippen LogP contribution is -2.26. The van der Waals surface area contributed by atoms with Gasteiger partial charge in [0.15, 0.2) is 11.5 Å². The number of nitro benzene ring substituents is 2. The highest BCUT2D eigenvalue weighted by atomic mass is 16.6. The molecule has 1 atom stereocenters. The summed E-state index contributed by atoms with van der Waals surface area (Å²) < 4.78 is 11.2. The summed E-state index contributed by atoms with van der Waals surface area (Å²) in [6, 6.07) is 15.4. The Kier molecular flexibility index (Phi) is 5.01. The van der Waals surface area contributed by atoms with E-state index in [1.165, 1.54) is 31.4 Å². The normalized spacial score (nSPS) is 17.0. The van der Waals surface area contributed by atoms with E-state index in [9.17, 15) is 25.3 Å². The van der Waals surface area contributed by atoms with Gasteiger partial charge in [-0.25, -0.2) is 0 Å².